The van der Waals surface area contributed by atoms with E-state index in [9.17, 15) is 0 Å². The van der Waals surface area contributed by atoms with E-state index in [1.165, 1.54) is 0 Å². The Morgan fingerprint density at radius 1 is 1.57 bits per heavy atom. The number of nitrogens with zero attached hydrogens (tertiary/aromatic N) is 1. The zero-order chi connectivity index (χ0) is 10.4. The maximum Gasteiger partial charge on any atom is 0.129 e. The van der Waals surface area contributed by atoms with Crippen LogP contribution in [-0.2, 0) is 4.74 Å². The first-order valence-corrected chi connectivity index (χ1v) is 4.77. The van der Waals surface area contributed by atoms with Crippen molar-refractivity contribution in [3.63, 3.8) is 0 Å². The minimum absolute atomic E-state index is 0.692. The van der Waals surface area contributed by atoms with Crippen molar-refractivity contribution in [2.24, 2.45) is 0 Å². The lowest BCUT2D eigenvalue weighted by Gasteiger charge is -2.08. The van der Waals surface area contributed by atoms with Crippen LogP contribution in [0.25, 0.3) is 0 Å². The topological polar surface area (TPSA) is 60.2 Å². The van der Waals surface area contributed by atoms with Crippen LogP contribution in [0.1, 0.15) is 12.5 Å². The average molecular weight is 195 g/mol. The minimum atomic E-state index is 0.692. The number of nitrogen functional groups attached to an aromatic ring is 1. The number of anilines is 2. The molecule has 78 valence electrons. The molecule has 4 heteroatoms. The van der Waals surface area contributed by atoms with Gasteiger partial charge in [0.25, 0.3) is 0 Å². The SMILES string of the molecule is CCOCCNc1ncc(N)cc1C. The Labute approximate surface area is 84.5 Å². The lowest BCUT2D eigenvalue weighted by Crippen LogP contribution is -2.11. The molecule has 0 saturated carbocycles. The van der Waals surface area contributed by atoms with Gasteiger partial charge in [-0.3, -0.25) is 0 Å². The fourth-order valence-corrected chi connectivity index (χ4v) is 1.17. The Bertz CT molecular complexity index is 289. The molecule has 14 heavy (non-hydrogen) atoms. The Morgan fingerprint density at radius 3 is 3.00 bits per heavy atom. The van der Waals surface area contributed by atoms with E-state index < -0.39 is 0 Å². The third-order valence-corrected chi connectivity index (χ3v) is 1.84. The van der Waals surface area contributed by atoms with E-state index in [2.05, 4.69) is 10.3 Å². The van der Waals surface area contributed by atoms with Gasteiger partial charge < -0.3 is 15.8 Å². The molecule has 0 aliphatic heterocycles. The number of aromatic nitrogens is 1. The van der Waals surface area contributed by atoms with Gasteiger partial charge in [-0.2, -0.15) is 0 Å². The molecule has 0 bridgehead atoms. The molecule has 0 radical (unpaired) electrons. The summed E-state index contributed by atoms with van der Waals surface area (Å²) in [5.41, 5.74) is 7.34. The fraction of sp³-hybridized carbons (Fsp3) is 0.500. The van der Waals surface area contributed by atoms with Crippen molar-refractivity contribution in [3.05, 3.63) is 17.8 Å². The molecule has 0 aromatic carbocycles. The van der Waals surface area contributed by atoms with Crippen LogP contribution in [0.3, 0.4) is 0 Å². The van der Waals surface area contributed by atoms with E-state index >= 15 is 0 Å². The lowest BCUT2D eigenvalue weighted by molar-refractivity contribution is 0.158. The van der Waals surface area contributed by atoms with E-state index in [0.717, 1.165) is 24.5 Å². The molecule has 0 atom stereocenters. The van der Waals surface area contributed by atoms with Gasteiger partial charge in [-0.25, -0.2) is 4.98 Å². The highest BCUT2D eigenvalue weighted by atomic mass is 16.5. The molecule has 0 aliphatic carbocycles. The van der Waals surface area contributed by atoms with Crippen LogP contribution in [0, 0.1) is 6.92 Å². The summed E-state index contributed by atoms with van der Waals surface area (Å²) in [5, 5.41) is 3.18. The molecule has 0 amide bonds. The maximum absolute atomic E-state index is 5.59. The Morgan fingerprint density at radius 2 is 2.36 bits per heavy atom. The van der Waals surface area contributed by atoms with Crippen LogP contribution in [-0.4, -0.2) is 24.7 Å². The molecule has 1 aromatic rings. The Hall–Kier alpha value is -1.29. The number of aryl methyl sites for hydroxylation is 1. The minimum Gasteiger partial charge on any atom is -0.397 e. The summed E-state index contributed by atoms with van der Waals surface area (Å²) in [6, 6.07) is 1.90. The molecular formula is C10H17N3O. The number of pyridine rings is 1. The van der Waals surface area contributed by atoms with Gasteiger partial charge in [-0.05, 0) is 25.5 Å². The summed E-state index contributed by atoms with van der Waals surface area (Å²) in [6.07, 6.45) is 1.65. The monoisotopic (exact) mass is 195 g/mol. The first kappa shape index (κ1) is 10.8. The first-order valence-electron chi connectivity index (χ1n) is 4.77. The molecular weight excluding hydrogens is 178 g/mol. The Balaban J connectivity index is 2.42. The third-order valence-electron chi connectivity index (χ3n) is 1.84. The summed E-state index contributed by atoms with van der Waals surface area (Å²) in [5.74, 6) is 0.874. The standard InChI is InChI=1S/C10H17N3O/c1-3-14-5-4-12-10-8(2)6-9(11)7-13-10/h6-7H,3-5,11H2,1-2H3,(H,12,13). The van der Waals surface area contributed by atoms with Gasteiger partial charge in [0, 0.05) is 13.2 Å². The number of nitrogens with two attached hydrogens (primary N) is 1. The van der Waals surface area contributed by atoms with Crippen LogP contribution in [0.5, 0.6) is 0 Å². The second-order valence-electron chi connectivity index (χ2n) is 3.06. The van der Waals surface area contributed by atoms with Crippen molar-refractivity contribution in [2.75, 3.05) is 30.8 Å². The summed E-state index contributed by atoms with van der Waals surface area (Å²) < 4.78 is 5.20. The average Bonchev–Trinajstić information content (AvgIpc) is 2.15. The molecule has 0 unspecified atom stereocenters. The summed E-state index contributed by atoms with van der Waals surface area (Å²) >= 11 is 0. The number of nitrogens with one attached hydrogen (secondary N) is 1. The van der Waals surface area contributed by atoms with E-state index in [1.54, 1.807) is 6.20 Å². The van der Waals surface area contributed by atoms with Crippen molar-refractivity contribution in [1.82, 2.24) is 4.98 Å². The van der Waals surface area contributed by atoms with Gasteiger partial charge in [0.15, 0.2) is 0 Å². The van der Waals surface area contributed by atoms with Gasteiger partial charge in [0.1, 0.15) is 5.82 Å². The summed E-state index contributed by atoms with van der Waals surface area (Å²) in [7, 11) is 0. The molecule has 0 aliphatic rings. The van der Waals surface area contributed by atoms with E-state index in [0.29, 0.717) is 12.3 Å². The van der Waals surface area contributed by atoms with Crippen LogP contribution in [0.2, 0.25) is 0 Å². The maximum atomic E-state index is 5.59. The highest BCUT2D eigenvalue weighted by molar-refractivity contribution is 5.50. The zero-order valence-corrected chi connectivity index (χ0v) is 8.71. The van der Waals surface area contributed by atoms with Crippen molar-refractivity contribution < 1.29 is 4.74 Å². The molecule has 0 fully saturated rings. The molecule has 1 aromatic heterocycles. The summed E-state index contributed by atoms with van der Waals surface area (Å²) in [4.78, 5) is 4.18. The van der Waals surface area contributed by atoms with Crippen molar-refractivity contribution >= 4 is 11.5 Å². The highest BCUT2D eigenvalue weighted by Crippen LogP contribution is 2.13. The molecule has 0 spiro atoms. The zero-order valence-electron chi connectivity index (χ0n) is 8.71. The molecule has 1 rings (SSSR count). The number of hydrogen-bond acceptors (Lipinski definition) is 4. The normalized spacial score (nSPS) is 10.1. The van der Waals surface area contributed by atoms with Crippen LogP contribution in [0.15, 0.2) is 12.3 Å². The van der Waals surface area contributed by atoms with Crippen LogP contribution in [0.4, 0.5) is 11.5 Å². The largest absolute Gasteiger partial charge is 0.397 e. The molecule has 0 saturated heterocycles. The van der Waals surface area contributed by atoms with Crippen molar-refractivity contribution in [2.45, 2.75) is 13.8 Å². The van der Waals surface area contributed by atoms with Crippen LogP contribution < -0.4 is 11.1 Å². The van der Waals surface area contributed by atoms with Gasteiger partial charge >= 0.3 is 0 Å². The molecule has 1 heterocycles. The fourth-order valence-electron chi connectivity index (χ4n) is 1.17. The number of hydrogen-bond donors (Lipinski definition) is 2. The second kappa shape index (κ2) is 5.44. The number of rotatable bonds is 5. The van der Waals surface area contributed by atoms with E-state index in [4.69, 9.17) is 10.5 Å². The quantitative estimate of drug-likeness (QED) is 0.698. The predicted molar refractivity (Wildman–Crippen MR) is 58.4 cm³/mol. The van der Waals surface area contributed by atoms with Gasteiger partial charge in [-0.15, -0.1) is 0 Å². The van der Waals surface area contributed by atoms with E-state index in [-0.39, 0.29) is 0 Å². The highest BCUT2D eigenvalue weighted by Gasteiger charge is 1.98. The number of ether oxygens (including phenoxy) is 1. The second-order valence-corrected chi connectivity index (χ2v) is 3.06. The third kappa shape index (κ3) is 3.22. The first-order chi connectivity index (χ1) is 6.74. The van der Waals surface area contributed by atoms with E-state index in [1.807, 2.05) is 19.9 Å². The lowest BCUT2D eigenvalue weighted by atomic mass is 10.2. The molecule has 3 N–H and O–H groups in total. The smallest absolute Gasteiger partial charge is 0.129 e. The van der Waals surface area contributed by atoms with Gasteiger partial charge in [0.05, 0.1) is 18.5 Å². The van der Waals surface area contributed by atoms with Gasteiger partial charge in [0.2, 0.25) is 0 Å². The van der Waals surface area contributed by atoms with Crippen LogP contribution >= 0.6 is 0 Å². The summed E-state index contributed by atoms with van der Waals surface area (Å²) in [6.45, 7) is 6.17. The molecule has 4 nitrogen and oxygen atoms in total. The van der Waals surface area contributed by atoms with Crippen molar-refractivity contribution in [1.29, 1.82) is 0 Å². The Kier molecular flexibility index (Phi) is 4.19. The predicted octanol–water partition coefficient (Wildman–Crippen LogP) is 1.42. The van der Waals surface area contributed by atoms with Gasteiger partial charge in [-0.1, -0.05) is 0 Å². The van der Waals surface area contributed by atoms with Crippen molar-refractivity contribution in [3.8, 4) is 0 Å².